The van der Waals surface area contributed by atoms with Crippen molar-refractivity contribution in [2.45, 2.75) is 95.8 Å². The molecule has 10 nitrogen and oxygen atoms in total. The van der Waals surface area contributed by atoms with E-state index < -0.39 is 5.79 Å². The minimum absolute atomic E-state index is 0.0504. The highest BCUT2D eigenvalue weighted by molar-refractivity contribution is 5.42. The molecule has 0 aliphatic carbocycles. The van der Waals surface area contributed by atoms with E-state index in [9.17, 15) is 24.0 Å². The Bertz CT molecular complexity index is 724. The summed E-state index contributed by atoms with van der Waals surface area (Å²) < 4.78 is 0. The highest BCUT2D eigenvalue weighted by Gasteiger charge is 2.28. The predicted octanol–water partition coefficient (Wildman–Crippen LogP) is 4.01. The molecular weight excluding hydrogens is 414 g/mol. The Hall–Kier alpha value is -3.10. The molecule has 0 N–H and O–H groups in total. The van der Waals surface area contributed by atoms with Crippen LogP contribution in [-0.2, 0) is 24.0 Å². The molecule has 0 aliphatic rings. The fourth-order valence-corrected chi connectivity index (χ4v) is 3.50. The number of isocyanates is 5. The minimum atomic E-state index is -1.80. The van der Waals surface area contributed by atoms with Gasteiger partial charge in [-0.3, -0.25) is 0 Å². The largest absolute Gasteiger partial charge is 0.277 e. The molecule has 0 bridgehead atoms. The number of rotatable bonds is 20. The molecule has 0 aliphatic heterocycles. The second kappa shape index (κ2) is 19.8. The molecule has 0 heterocycles. The third-order valence-corrected chi connectivity index (χ3v) is 5.31. The van der Waals surface area contributed by atoms with E-state index in [1.807, 2.05) is 0 Å². The lowest BCUT2D eigenvalue weighted by Gasteiger charge is -2.19. The SMILES string of the molecule is CC(CCCCCCC(N=C=O)(N=C=O)N=C=O)C(CCCCCCCN=C=O)N=C=O. The molecule has 0 aromatic heterocycles. The summed E-state index contributed by atoms with van der Waals surface area (Å²) in [6.07, 6.45) is 17.0. The maximum absolute atomic E-state index is 10.8. The second-order valence-corrected chi connectivity index (χ2v) is 7.63. The summed E-state index contributed by atoms with van der Waals surface area (Å²) in [7, 11) is 0. The van der Waals surface area contributed by atoms with Gasteiger partial charge in [0.05, 0.1) is 12.6 Å². The van der Waals surface area contributed by atoms with Crippen molar-refractivity contribution in [3.63, 3.8) is 0 Å². The maximum atomic E-state index is 10.8. The Morgan fingerprint density at radius 1 is 0.625 bits per heavy atom. The van der Waals surface area contributed by atoms with E-state index in [2.05, 4.69) is 31.9 Å². The zero-order valence-corrected chi connectivity index (χ0v) is 18.6. The Labute approximate surface area is 188 Å². The number of unbranched alkanes of at least 4 members (excludes halogenated alkanes) is 7. The smallest absolute Gasteiger partial charge is 0.211 e. The van der Waals surface area contributed by atoms with Crippen molar-refractivity contribution in [2.24, 2.45) is 30.9 Å². The first-order valence-electron chi connectivity index (χ1n) is 11.0. The maximum Gasteiger partial charge on any atom is 0.277 e. The van der Waals surface area contributed by atoms with Crippen LogP contribution in [0.3, 0.4) is 0 Å². The second-order valence-electron chi connectivity index (χ2n) is 7.63. The minimum Gasteiger partial charge on any atom is -0.211 e. The van der Waals surface area contributed by atoms with E-state index in [0.29, 0.717) is 13.0 Å². The lowest BCUT2D eigenvalue weighted by atomic mass is 9.91. The van der Waals surface area contributed by atoms with Crippen molar-refractivity contribution < 1.29 is 24.0 Å². The van der Waals surface area contributed by atoms with Crippen molar-refractivity contribution in [2.75, 3.05) is 6.54 Å². The molecule has 0 rings (SSSR count). The highest BCUT2D eigenvalue weighted by Crippen LogP contribution is 2.24. The van der Waals surface area contributed by atoms with E-state index >= 15 is 0 Å². The number of hydrogen-bond donors (Lipinski definition) is 0. The summed E-state index contributed by atoms with van der Waals surface area (Å²) in [5, 5.41) is 0. The summed E-state index contributed by atoms with van der Waals surface area (Å²) in [6.45, 7) is 2.60. The molecule has 0 saturated heterocycles. The van der Waals surface area contributed by atoms with Crippen molar-refractivity contribution in [3.8, 4) is 0 Å². The van der Waals surface area contributed by atoms with Crippen LogP contribution in [0.4, 0.5) is 0 Å². The van der Waals surface area contributed by atoms with Crippen molar-refractivity contribution in [3.05, 3.63) is 0 Å². The first-order chi connectivity index (χ1) is 15.6. The topological polar surface area (TPSA) is 147 Å². The van der Waals surface area contributed by atoms with Gasteiger partial charge in [-0.05, 0) is 31.6 Å². The van der Waals surface area contributed by atoms with Crippen LogP contribution < -0.4 is 0 Å². The van der Waals surface area contributed by atoms with Crippen molar-refractivity contribution in [1.82, 2.24) is 0 Å². The fourth-order valence-electron chi connectivity index (χ4n) is 3.50. The van der Waals surface area contributed by atoms with Crippen molar-refractivity contribution in [1.29, 1.82) is 0 Å². The lowest BCUT2D eigenvalue weighted by Crippen LogP contribution is -2.20. The molecule has 0 radical (unpaired) electrons. The van der Waals surface area contributed by atoms with Gasteiger partial charge in [0.1, 0.15) is 0 Å². The number of hydrogen-bond acceptors (Lipinski definition) is 10. The van der Waals surface area contributed by atoms with Gasteiger partial charge in [0.25, 0.3) is 5.79 Å². The van der Waals surface area contributed by atoms with E-state index in [1.54, 1.807) is 6.08 Å². The summed E-state index contributed by atoms with van der Waals surface area (Å²) >= 11 is 0. The number of nitrogens with zero attached hydrogens (tertiary/aromatic N) is 5. The molecule has 0 aromatic rings. The van der Waals surface area contributed by atoms with Gasteiger partial charge in [0.15, 0.2) is 0 Å². The van der Waals surface area contributed by atoms with Gasteiger partial charge in [0.2, 0.25) is 30.4 Å². The van der Waals surface area contributed by atoms with Gasteiger partial charge in [-0.2, -0.15) is 15.0 Å². The van der Waals surface area contributed by atoms with Gasteiger partial charge in [-0.1, -0.05) is 51.9 Å². The number of aliphatic imine (C=N–C) groups is 5. The van der Waals surface area contributed by atoms with Crippen LogP contribution in [0.5, 0.6) is 0 Å². The molecule has 2 atom stereocenters. The first-order valence-corrected chi connectivity index (χ1v) is 11.0. The zero-order valence-electron chi connectivity index (χ0n) is 18.6. The van der Waals surface area contributed by atoms with Crippen LogP contribution >= 0.6 is 0 Å². The van der Waals surface area contributed by atoms with Crippen LogP contribution in [0.15, 0.2) is 25.0 Å². The molecule has 0 spiro atoms. The van der Waals surface area contributed by atoms with Crippen molar-refractivity contribution >= 4 is 30.4 Å². The van der Waals surface area contributed by atoms with Crippen LogP contribution in [0.1, 0.15) is 84.0 Å². The summed E-state index contributed by atoms with van der Waals surface area (Å²) in [4.78, 5) is 70.0. The molecule has 174 valence electrons. The van der Waals surface area contributed by atoms with E-state index in [0.717, 1.165) is 64.2 Å². The monoisotopic (exact) mass is 445 g/mol. The van der Waals surface area contributed by atoms with Gasteiger partial charge < -0.3 is 0 Å². The normalized spacial score (nSPS) is 13.5. The Morgan fingerprint density at radius 2 is 1.16 bits per heavy atom. The average molecular weight is 446 g/mol. The van der Waals surface area contributed by atoms with Gasteiger partial charge in [-0.15, -0.1) is 0 Å². The molecule has 32 heavy (non-hydrogen) atoms. The molecule has 0 aromatic carbocycles. The average Bonchev–Trinajstić information content (AvgIpc) is 2.77. The standard InChI is InChI=1S/C22H31N5O5/c1-20(21(24-16-29)12-8-3-2-6-10-14-23-15-28)11-7-4-5-9-13-22(25-17-30,26-18-31)27-19-32/h20-21H,2-14H2,1H3. The molecule has 2 unspecified atom stereocenters. The summed E-state index contributed by atoms with van der Waals surface area (Å²) in [5.74, 6) is -1.55. The number of carbonyl (C=O) groups excluding carboxylic acids is 5. The Kier molecular flexibility index (Phi) is 17.9. The van der Waals surface area contributed by atoms with E-state index in [-0.39, 0.29) is 18.4 Å². The van der Waals surface area contributed by atoms with Gasteiger partial charge in [-0.25, -0.2) is 34.0 Å². The molecule has 0 saturated carbocycles. The molecular formula is C22H31N5O5. The van der Waals surface area contributed by atoms with Crippen LogP contribution in [0.25, 0.3) is 0 Å². The van der Waals surface area contributed by atoms with E-state index in [1.165, 1.54) is 24.3 Å². The first kappa shape index (κ1) is 28.9. The van der Waals surface area contributed by atoms with Crippen LogP contribution in [0.2, 0.25) is 0 Å². The summed E-state index contributed by atoms with van der Waals surface area (Å²) in [6, 6.07) is -0.0504. The Balaban J connectivity index is 4.25. The molecule has 10 heteroatoms. The predicted molar refractivity (Wildman–Crippen MR) is 117 cm³/mol. The van der Waals surface area contributed by atoms with Gasteiger partial charge in [0, 0.05) is 6.42 Å². The van der Waals surface area contributed by atoms with Crippen LogP contribution in [0, 0.1) is 5.92 Å². The summed E-state index contributed by atoms with van der Waals surface area (Å²) in [5.41, 5.74) is 0. The fraction of sp³-hybridized carbons (Fsp3) is 0.773. The zero-order chi connectivity index (χ0) is 23.9. The molecule has 0 fully saturated rings. The van der Waals surface area contributed by atoms with E-state index in [4.69, 9.17) is 0 Å². The third kappa shape index (κ3) is 14.0. The lowest BCUT2D eigenvalue weighted by molar-refractivity contribution is 0.369. The van der Waals surface area contributed by atoms with Crippen LogP contribution in [-0.4, -0.2) is 48.8 Å². The van der Waals surface area contributed by atoms with Gasteiger partial charge >= 0.3 is 0 Å². The third-order valence-electron chi connectivity index (χ3n) is 5.31. The quantitative estimate of drug-likeness (QED) is 0.158. The molecule has 0 amide bonds. The Morgan fingerprint density at radius 3 is 1.72 bits per heavy atom. The highest BCUT2D eigenvalue weighted by atomic mass is 16.1.